The third-order valence-corrected chi connectivity index (χ3v) is 7.03. The van der Waals surface area contributed by atoms with Gasteiger partial charge in [0.05, 0.1) is 0 Å². The van der Waals surface area contributed by atoms with Crippen LogP contribution in [0.2, 0.25) is 0 Å². The molecule has 0 atom stereocenters. The Labute approximate surface area is 206 Å². The van der Waals surface area contributed by atoms with Crippen LogP contribution in [0, 0.1) is 0 Å². The number of hydroxylamine groups is 4. The van der Waals surface area contributed by atoms with Gasteiger partial charge in [-0.05, 0) is 81.1 Å². The van der Waals surface area contributed by atoms with Gasteiger partial charge >= 0.3 is 12.2 Å². The minimum absolute atomic E-state index is 0.314. The fraction of sp³-hybridized carbons (Fsp3) is 0.826. The van der Waals surface area contributed by atoms with E-state index in [9.17, 15) is 29.6 Å². The quantitative estimate of drug-likeness (QED) is 0.413. The molecule has 0 radical (unpaired) electrons. The molecule has 0 unspecified atom stereocenters. The molecule has 12 nitrogen and oxygen atoms in total. The highest BCUT2D eigenvalue weighted by molar-refractivity contribution is 5.82. The van der Waals surface area contributed by atoms with Crippen LogP contribution in [0.15, 0.2) is 0 Å². The van der Waals surface area contributed by atoms with Crippen molar-refractivity contribution in [1.82, 2.24) is 19.9 Å². The number of hydrogen-bond acceptors (Lipinski definition) is 10. The van der Waals surface area contributed by atoms with Crippen molar-refractivity contribution in [2.24, 2.45) is 0 Å². The van der Waals surface area contributed by atoms with E-state index in [0.717, 1.165) is 9.80 Å². The molecule has 12 heteroatoms. The van der Waals surface area contributed by atoms with Crippen molar-refractivity contribution in [2.75, 3.05) is 6.79 Å². The predicted molar refractivity (Wildman–Crippen MR) is 123 cm³/mol. The summed E-state index contributed by atoms with van der Waals surface area (Å²) < 4.78 is 10.0. The Bertz CT molecular complexity index is 726. The summed E-state index contributed by atoms with van der Waals surface area (Å²) in [7, 11) is 0. The molecule has 0 aromatic carbocycles. The van der Waals surface area contributed by atoms with Crippen LogP contribution < -0.4 is 0 Å². The number of carbonyl (C=O) groups excluding carboxylic acids is 4. The summed E-state index contributed by atoms with van der Waals surface area (Å²) in [5, 5.41) is 23.3. The number of piperidine rings is 2. The Hall–Kier alpha value is -2.28. The van der Waals surface area contributed by atoms with Crippen molar-refractivity contribution in [3.8, 4) is 0 Å². The number of imide groups is 2. The van der Waals surface area contributed by atoms with Crippen LogP contribution in [0.1, 0.15) is 81.1 Å². The maximum absolute atomic E-state index is 12.6. The van der Waals surface area contributed by atoms with Gasteiger partial charge in [0, 0.05) is 34.2 Å². The van der Waals surface area contributed by atoms with Gasteiger partial charge in [0.2, 0.25) is 19.6 Å². The second-order valence-electron chi connectivity index (χ2n) is 12.0. The smallest absolute Gasteiger partial charge is 0.411 e. The van der Waals surface area contributed by atoms with Crippen LogP contribution in [0.3, 0.4) is 0 Å². The van der Waals surface area contributed by atoms with Crippen molar-refractivity contribution in [1.29, 1.82) is 0 Å². The first kappa shape index (κ1) is 29.0. The number of nitrogens with zero attached hydrogens (tertiary/aromatic N) is 4. The minimum atomic E-state index is -0.996. The molecule has 0 spiro atoms. The SMILES string of the molecule is CC1(C)CC(N(C=O)C(=O)OCOC(=O)N(C=O)C2CC(C)(C)N(O)C(C)(C)C2)CC(C)(C)N1O. The third kappa shape index (κ3) is 6.11. The van der Waals surface area contributed by atoms with Crippen LogP contribution in [0.5, 0.6) is 0 Å². The fourth-order valence-electron chi connectivity index (χ4n) is 5.66. The summed E-state index contributed by atoms with van der Waals surface area (Å²) in [6.07, 6.45) is -0.0163. The van der Waals surface area contributed by atoms with E-state index in [4.69, 9.17) is 9.47 Å². The van der Waals surface area contributed by atoms with E-state index in [1.165, 1.54) is 10.1 Å². The van der Waals surface area contributed by atoms with Crippen LogP contribution in [-0.2, 0) is 19.1 Å². The predicted octanol–water partition coefficient (Wildman–Crippen LogP) is 2.96. The van der Waals surface area contributed by atoms with E-state index in [-0.39, 0.29) is 0 Å². The summed E-state index contributed by atoms with van der Waals surface area (Å²) in [6.45, 7) is 13.6. The first-order chi connectivity index (χ1) is 15.9. The molecule has 2 aliphatic rings. The molecule has 2 heterocycles. The van der Waals surface area contributed by atoms with E-state index >= 15 is 0 Å². The molecule has 2 rings (SSSR count). The molecule has 0 aromatic heterocycles. The monoisotopic (exact) mass is 500 g/mol. The van der Waals surface area contributed by atoms with Gasteiger partial charge < -0.3 is 19.9 Å². The summed E-state index contributed by atoms with van der Waals surface area (Å²) in [6, 6.07) is -1.08. The Balaban J connectivity index is 2.00. The van der Waals surface area contributed by atoms with Gasteiger partial charge in [-0.25, -0.2) is 19.4 Å². The average molecular weight is 501 g/mol. The molecular formula is C23H40N4O8. The average Bonchev–Trinajstić information content (AvgIpc) is 2.70. The van der Waals surface area contributed by atoms with Crippen LogP contribution in [0.25, 0.3) is 0 Å². The molecule has 0 saturated carbocycles. The molecule has 2 aliphatic heterocycles. The van der Waals surface area contributed by atoms with E-state index < -0.39 is 53.2 Å². The van der Waals surface area contributed by atoms with Gasteiger partial charge in [-0.1, -0.05) is 0 Å². The number of carbonyl (C=O) groups is 4. The second kappa shape index (κ2) is 10.00. The molecule has 0 aliphatic carbocycles. The molecule has 200 valence electrons. The maximum Gasteiger partial charge on any atom is 0.419 e. The lowest BCUT2D eigenvalue weighted by Crippen LogP contribution is -2.63. The first-order valence-corrected chi connectivity index (χ1v) is 11.7. The summed E-state index contributed by atoms with van der Waals surface area (Å²) >= 11 is 0. The minimum Gasteiger partial charge on any atom is -0.411 e. The Morgan fingerprint density at radius 1 is 0.714 bits per heavy atom. The molecule has 0 aromatic rings. The van der Waals surface area contributed by atoms with Crippen LogP contribution in [0.4, 0.5) is 9.59 Å². The number of amides is 4. The molecule has 35 heavy (non-hydrogen) atoms. The normalized spacial score (nSPS) is 24.3. The van der Waals surface area contributed by atoms with Gasteiger partial charge in [-0.3, -0.25) is 9.59 Å². The molecule has 4 amide bonds. The van der Waals surface area contributed by atoms with Crippen molar-refractivity contribution in [3.05, 3.63) is 0 Å². The lowest BCUT2D eigenvalue weighted by atomic mass is 9.78. The zero-order valence-corrected chi connectivity index (χ0v) is 22.0. The van der Waals surface area contributed by atoms with Crippen molar-refractivity contribution in [2.45, 2.75) is 115 Å². The van der Waals surface area contributed by atoms with Crippen LogP contribution in [-0.4, -0.2) is 96.4 Å². The Morgan fingerprint density at radius 2 is 0.971 bits per heavy atom. The van der Waals surface area contributed by atoms with E-state index in [0.29, 0.717) is 38.5 Å². The number of hydrogen-bond donors (Lipinski definition) is 2. The number of rotatable bonds is 6. The van der Waals surface area contributed by atoms with E-state index in [1.807, 2.05) is 0 Å². The van der Waals surface area contributed by atoms with Gasteiger partial charge in [0.25, 0.3) is 0 Å². The topological polar surface area (TPSA) is 140 Å². The van der Waals surface area contributed by atoms with Gasteiger partial charge in [0.15, 0.2) is 0 Å². The fourth-order valence-corrected chi connectivity index (χ4v) is 5.66. The van der Waals surface area contributed by atoms with Crippen molar-refractivity contribution < 1.29 is 39.1 Å². The Kier molecular flexibility index (Phi) is 8.27. The van der Waals surface area contributed by atoms with Crippen LogP contribution >= 0.6 is 0 Å². The zero-order chi connectivity index (χ0) is 27.0. The number of ether oxygens (including phenoxy) is 2. The van der Waals surface area contributed by atoms with Gasteiger partial charge in [-0.15, -0.1) is 0 Å². The second-order valence-corrected chi connectivity index (χ2v) is 12.0. The zero-order valence-electron chi connectivity index (χ0n) is 22.0. The van der Waals surface area contributed by atoms with Gasteiger partial charge in [0.1, 0.15) is 0 Å². The highest BCUT2D eigenvalue weighted by Crippen LogP contribution is 2.39. The lowest BCUT2D eigenvalue weighted by molar-refractivity contribution is -0.250. The van der Waals surface area contributed by atoms with Gasteiger partial charge in [-0.2, -0.15) is 10.1 Å². The summed E-state index contributed by atoms with van der Waals surface area (Å²) in [5.74, 6) is 0. The molecule has 2 N–H and O–H groups in total. The third-order valence-electron chi connectivity index (χ3n) is 7.03. The van der Waals surface area contributed by atoms with Crippen molar-refractivity contribution in [3.63, 3.8) is 0 Å². The van der Waals surface area contributed by atoms with E-state index in [2.05, 4.69) is 0 Å². The first-order valence-electron chi connectivity index (χ1n) is 11.7. The Morgan fingerprint density at radius 3 is 1.20 bits per heavy atom. The highest BCUT2D eigenvalue weighted by atomic mass is 16.7. The molecule has 2 saturated heterocycles. The maximum atomic E-state index is 12.6. The standard InChI is InChI=1S/C23H40N4O8/c1-20(2)9-16(10-21(3,4)26(20)32)24(13-28)18(30)34-15-35-19(31)25(14-29)17-11-22(5,6)27(33)23(7,8)12-17/h13-14,16-17,32-33H,9-12,15H2,1-8H3. The summed E-state index contributed by atoms with van der Waals surface area (Å²) in [5.41, 5.74) is -2.79. The largest absolute Gasteiger partial charge is 0.419 e. The summed E-state index contributed by atoms with van der Waals surface area (Å²) in [4.78, 5) is 50.4. The van der Waals surface area contributed by atoms with Crippen molar-refractivity contribution >= 4 is 25.0 Å². The molecule has 0 bridgehead atoms. The van der Waals surface area contributed by atoms with E-state index in [1.54, 1.807) is 55.4 Å². The highest BCUT2D eigenvalue weighted by Gasteiger charge is 2.49. The molecular weight excluding hydrogens is 460 g/mol. The molecule has 2 fully saturated rings. The lowest BCUT2D eigenvalue weighted by Gasteiger charge is -2.52.